The van der Waals surface area contributed by atoms with Gasteiger partial charge in [-0.25, -0.2) is 14.8 Å². The van der Waals surface area contributed by atoms with Crippen molar-refractivity contribution in [3.63, 3.8) is 0 Å². The molecule has 1 saturated heterocycles. The molecule has 4 rings (SSSR count). The topological polar surface area (TPSA) is 70.2 Å². The monoisotopic (exact) mass is 343 g/mol. The van der Waals surface area contributed by atoms with Gasteiger partial charge in [0.05, 0.1) is 17.9 Å². The highest BCUT2D eigenvalue weighted by Gasteiger charge is 2.35. The second kappa shape index (κ2) is 6.76. The first kappa shape index (κ1) is 15.4. The number of hydrogen-bond acceptors (Lipinski definition) is 5. The van der Waals surface area contributed by atoms with Gasteiger partial charge in [-0.05, 0) is 43.7 Å². The molecule has 1 atom stereocenters. The van der Waals surface area contributed by atoms with E-state index in [1.165, 1.54) is 12.8 Å². The van der Waals surface area contributed by atoms with E-state index in [4.69, 9.17) is 0 Å². The summed E-state index contributed by atoms with van der Waals surface area (Å²) in [4.78, 5) is 23.4. The summed E-state index contributed by atoms with van der Waals surface area (Å²) in [7, 11) is 0. The summed E-state index contributed by atoms with van der Waals surface area (Å²) in [6.45, 7) is 2.13. The number of carbonyl (C=O) groups is 1. The molecule has 2 aromatic rings. The zero-order chi connectivity index (χ0) is 16.4. The number of nitrogens with zero attached hydrogens (tertiary/aromatic N) is 3. The molecule has 1 aliphatic heterocycles. The molecule has 0 bridgehead atoms. The van der Waals surface area contributed by atoms with Crippen molar-refractivity contribution in [2.45, 2.75) is 31.7 Å². The van der Waals surface area contributed by atoms with Crippen LogP contribution < -0.4 is 15.5 Å². The van der Waals surface area contributed by atoms with Crippen molar-refractivity contribution in [3.8, 4) is 0 Å². The maximum Gasteiger partial charge on any atom is 0.319 e. The van der Waals surface area contributed by atoms with Gasteiger partial charge in [-0.15, -0.1) is 11.3 Å². The van der Waals surface area contributed by atoms with Crippen LogP contribution in [0, 0.1) is 5.92 Å². The standard InChI is InChI=1S/C17H21N5OS/c23-17(21-15(12-3-4-12)16-18-7-10-24-16)20-13-5-6-14(19-11-13)22-8-1-2-9-22/h5-7,10-12,15H,1-4,8-9H2,(H2,20,21,23)/t15-/m0/s1. The number of rotatable bonds is 5. The highest BCUT2D eigenvalue weighted by atomic mass is 32.1. The lowest BCUT2D eigenvalue weighted by Gasteiger charge is -2.18. The van der Waals surface area contributed by atoms with Gasteiger partial charge >= 0.3 is 6.03 Å². The van der Waals surface area contributed by atoms with Crippen LogP contribution in [0.3, 0.4) is 0 Å². The molecule has 126 valence electrons. The lowest BCUT2D eigenvalue weighted by Crippen LogP contribution is -2.33. The molecule has 2 amide bonds. The maximum absolute atomic E-state index is 12.3. The number of nitrogens with one attached hydrogen (secondary N) is 2. The SMILES string of the molecule is O=C(Nc1ccc(N2CCCC2)nc1)N[C@H](c1nccs1)C1CC1. The van der Waals surface area contributed by atoms with Crippen LogP contribution in [0.1, 0.15) is 36.7 Å². The van der Waals surface area contributed by atoms with E-state index in [9.17, 15) is 4.79 Å². The van der Waals surface area contributed by atoms with Gasteiger partial charge in [0.1, 0.15) is 10.8 Å². The van der Waals surface area contributed by atoms with Crippen molar-refractivity contribution in [1.29, 1.82) is 0 Å². The van der Waals surface area contributed by atoms with Crippen LogP contribution in [-0.4, -0.2) is 29.1 Å². The van der Waals surface area contributed by atoms with E-state index < -0.39 is 0 Å². The van der Waals surface area contributed by atoms with E-state index in [0.29, 0.717) is 11.6 Å². The van der Waals surface area contributed by atoms with E-state index in [1.54, 1.807) is 23.7 Å². The number of thiazole rings is 1. The Morgan fingerprint density at radius 1 is 1.25 bits per heavy atom. The second-order valence-electron chi connectivity index (χ2n) is 6.38. The normalized spacial score (nSPS) is 18.4. The molecular formula is C17H21N5OS. The van der Waals surface area contributed by atoms with Crippen LogP contribution in [0.15, 0.2) is 29.9 Å². The molecule has 1 aliphatic carbocycles. The zero-order valence-electron chi connectivity index (χ0n) is 13.4. The minimum atomic E-state index is -0.196. The minimum absolute atomic E-state index is 0.0156. The van der Waals surface area contributed by atoms with E-state index in [-0.39, 0.29) is 12.1 Å². The minimum Gasteiger partial charge on any atom is -0.357 e. The molecule has 0 unspecified atom stereocenters. The van der Waals surface area contributed by atoms with Gasteiger partial charge in [0.25, 0.3) is 0 Å². The molecule has 2 aromatic heterocycles. The van der Waals surface area contributed by atoms with Gasteiger partial charge in [0.15, 0.2) is 0 Å². The van der Waals surface area contributed by atoms with Crippen LogP contribution in [-0.2, 0) is 0 Å². The number of hydrogen-bond donors (Lipinski definition) is 2. The van der Waals surface area contributed by atoms with Crippen molar-refractivity contribution in [1.82, 2.24) is 15.3 Å². The fourth-order valence-corrected chi connectivity index (χ4v) is 3.88. The number of amides is 2. The molecule has 0 radical (unpaired) electrons. The van der Waals surface area contributed by atoms with Gasteiger partial charge in [-0.1, -0.05) is 0 Å². The molecule has 24 heavy (non-hydrogen) atoms. The smallest absolute Gasteiger partial charge is 0.319 e. The van der Waals surface area contributed by atoms with Gasteiger partial charge in [0.2, 0.25) is 0 Å². The Labute approximate surface area is 145 Å². The summed E-state index contributed by atoms with van der Waals surface area (Å²) in [5.41, 5.74) is 0.712. The summed E-state index contributed by atoms with van der Waals surface area (Å²) in [6, 6.07) is 3.70. The Hall–Kier alpha value is -2.15. The number of carbonyl (C=O) groups excluding carboxylic acids is 1. The number of urea groups is 1. The lowest BCUT2D eigenvalue weighted by atomic mass is 10.2. The molecule has 2 N–H and O–H groups in total. The Morgan fingerprint density at radius 2 is 2.08 bits per heavy atom. The Kier molecular flexibility index (Phi) is 4.34. The highest BCUT2D eigenvalue weighted by Crippen LogP contribution is 2.41. The van der Waals surface area contributed by atoms with E-state index in [2.05, 4.69) is 25.5 Å². The summed E-state index contributed by atoms with van der Waals surface area (Å²) in [6.07, 6.45) is 8.26. The third-order valence-electron chi connectivity index (χ3n) is 4.53. The lowest BCUT2D eigenvalue weighted by molar-refractivity contribution is 0.247. The van der Waals surface area contributed by atoms with Gasteiger partial charge in [0, 0.05) is 24.7 Å². The molecule has 1 saturated carbocycles. The molecule has 0 spiro atoms. The first-order chi connectivity index (χ1) is 11.8. The van der Waals surface area contributed by atoms with Crippen molar-refractivity contribution in [2.24, 2.45) is 5.92 Å². The zero-order valence-corrected chi connectivity index (χ0v) is 14.3. The Bertz CT molecular complexity index is 678. The first-order valence-electron chi connectivity index (χ1n) is 8.47. The maximum atomic E-state index is 12.3. The number of aromatic nitrogens is 2. The molecule has 2 aliphatic rings. The van der Waals surface area contributed by atoms with Crippen molar-refractivity contribution >= 4 is 28.9 Å². The van der Waals surface area contributed by atoms with E-state index in [0.717, 1.165) is 36.8 Å². The van der Waals surface area contributed by atoms with Crippen LogP contribution in [0.5, 0.6) is 0 Å². The second-order valence-corrected chi connectivity index (χ2v) is 7.31. The van der Waals surface area contributed by atoms with Gasteiger partial charge < -0.3 is 15.5 Å². The highest BCUT2D eigenvalue weighted by molar-refractivity contribution is 7.09. The Morgan fingerprint density at radius 3 is 2.71 bits per heavy atom. The van der Waals surface area contributed by atoms with Gasteiger partial charge in [-0.3, -0.25) is 0 Å². The average Bonchev–Trinajstić information content (AvgIpc) is 3.06. The fourth-order valence-electron chi connectivity index (χ4n) is 3.10. The van der Waals surface area contributed by atoms with Crippen molar-refractivity contribution in [3.05, 3.63) is 34.9 Å². The predicted octanol–water partition coefficient (Wildman–Crippen LogP) is 3.41. The molecular weight excluding hydrogens is 322 g/mol. The fraction of sp³-hybridized carbons (Fsp3) is 0.471. The van der Waals surface area contributed by atoms with Crippen LogP contribution in [0.25, 0.3) is 0 Å². The molecule has 6 nitrogen and oxygen atoms in total. The van der Waals surface area contributed by atoms with Crippen LogP contribution in [0.2, 0.25) is 0 Å². The summed E-state index contributed by atoms with van der Waals surface area (Å²) < 4.78 is 0. The summed E-state index contributed by atoms with van der Waals surface area (Å²) in [5.74, 6) is 1.50. The number of anilines is 2. The molecule has 3 heterocycles. The third-order valence-corrected chi connectivity index (χ3v) is 5.39. The van der Waals surface area contributed by atoms with Crippen LogP contribution in [0.4, 0.5) is 16.3 Å². The van der Waals surface area contributed by atoms with Crippen molar-refractivity contribution in [2.75, 3.05) is 23.3 Å². The molecule has 2 fully saturated rings. The Balaban J connectivity index is 1.36. The van der Waals surface area contributed by atoms with Crippen LogP contribution >= 0.6 is 11.3 Å². The van der Waals surface area contributed by atoms with Crippen molar-refractivity contribution < 1.29 is 4.79 Å². The first-order valence-corrected chi connectivity index (χ1v) is 9.35. The van der Waals surface area contributed by atoms with E-state index in [1.807, 2.05) is 17.5 Å². The molecule has 7 heteroatoms. The molecule has 0 aromatic carbocycles. The average molecular weight is 343 g/mol. The third kappa shape index (κ3) is 3.51. The van der Waals surface area contributed by atoms with Gasteiger partial charge in [-0.2, -0.15) is 0 Å². The summed E-state index contributed by atoms with van der Waals surface area (Å²) in [5, 5.41) is 8.87. The van der Waals surface area contributed by atoms with E-state index >= 15 is 0 Å². The predicted molar refractivity (Wildman–Crippen MR) is 95.4 cm³/mol. The number of pyridine rings is 1. The largest absolute Gasteiger partial charge is 0.357 e. The summed E-state index contributed by atoms with van der Waals surface area (Å²) >= 11 is 1.59. The quantitative estimate of drug-likeness (QED) is 0.873.